The Morgan fingerprint density at radius 3 is 2.24 bits per heavy atom. The second-order valence-electron chi connectivity index (χ2n) is 8.68. The van der Waals surface area contributed by atoms with Crippen molar-refractivity contribution in [3.05, 3.63) is 81.8 Å². The first-order chi connectivity index (χ1) is 15.8. The normalized spacial score (nSPS) is 12.1. The molecule has 33 heavy (non-hydrogen) atoms. The summed E-state index contributed by atoms with van der Waals surface area (Å²) in [5, 5.41) is 6.16. The van der Waals surface area contributed by atoms with E-state index in [9.17, 15) is 9.59 Å². The van der Waals surface area contributed by atoms with Crippen molar-refractivity contribution < 1.29 is 9.59 Å². The average Bonchev–Trinajstić information content (AvgIpc) is 2.80. The third-order valence-electron chi connectivity index (χ3n) is 5.73. The zero-order valence-electron chi connectivity index (χ0n) is 19.3. The Bertz CT molecular complexity index is 1100. The van der Waals surface area contributed by atoms with Gasteiger partial charge in [-0.15, -0.1) is 0 Å². The molecule has 3 aromatic rings. The lowest BCUT2D eigenvalue weighted by molar-refractivity contribution is -0.140. The molecule has 0 bridgehead atoms. The molecule has 174 valence electrons. The van der Waals surface area contributed by atoms with Crippen LogP contribution in [0.1, 0.15) is 38.3 Å². The largest absolute Gasteiger partial charge is 0.354 e. The number of hydrogen-bond donors (Lipinski definition) is 1. The second-order valence-corrected chi connectivity index (χ2v) is 9.49. The van der Waals surface area contributed by atoms with Crippen molar-refractivity contribution in [3.63, 3.8) is 0 Å². The Balaban J connectivity index is 1.82. The molecule has 0 saturated carbocycles. The number of carbonyl (C=O) groups is 2. The Morgan fingerprint density at radius 1 is 0.909 bits per heavy atom. The van der Waals surface area contributed by atoms with Crippen molar-refractivity contribution in [3.8, 4) is 0 Å². The van der Waals surface area contributed by atoms with Crippen LogP contribution in [-0.4, -0.2) is 29.3 Å². The van der Waals surface area contributed by atoms with Gasteiger partial charge in [-0.1, -0.05) is 85.6 Å². The molecule has 0 radical (unpaired) electrons. The van der Waals surface area contributed by atoms with Gasteiger partial charge in [-0.25, -0.2) is 0 Å². The highest BCUT2D eigenvalue weighted by molar-refractivity contribution is 6.36. The molecule has 0 saturated heterocycles. The smallest absolute Gasteiger partial charge is 0.242 e. The summed E-state index contributed by atoms with van der Waals surface area (Å²) in [6.45, 7) is 6.52. The van der Waals surface area contributed by atoms with Gasteiger partial charge in [-0.2, -0.15) is 0 Å². The fourth-order valence-electron chi connectivity index (χ4n) is 3.78. The van der Waals surface area contributed by atoms with Crippen LogP contribution < -0.4 is 5.32 Å². The molecular formula is C27H30Cl2N2O2. The van der Waals surface area contributed by atoms with Gasteiger partial charge in [0.05, 0.1) is 0 Å². The Morgan fingerprint density at radius 2 is 1.55 bits per heavy atom. The molecule has 0 heterocycles. The summed E-state index contributed by atoms with van der Waals surface area (Å²) in [5.74, 6) is 0.00572. The molecule has 3 aromatic carbocycles. The van der Waals surface area contributed by atoms with E-state index in [-0.39, 0.29) is 24.8 Å². The highest BCUT2D eigenvalue weighted by atomic mass is 35.5. The number of rotatable bonds is 9. The molecule has 2 amide bonds. The van der Waals surface area contributed by atoms with Crippen LogP contribution in [0.3, 0.4) is 0 Å². The van der Waals surface area contributed by atoms with Crippen LogP contribution in [0, 0.1) is 5.92 Å². The van der Waals surface area contributed by atoms with Gasteiger partial charge in [-0.3, -0.25) is 9.59 Å². The lowest BCUT2D eigenvalue weighted by Gasteiger charge is -2.30. The van der Waals surface area contributed by atoms with Gasteiger partial charge < -0.3 is 10.2 Å². The van der Waals surface area contributed by atoms with E-state index in [0.717, 1.165) is 16.3 Å². The fraction of sp³-hybridized carbons (Fsp3) is 0.333. The molecular weight excluding hydrogens is 455 g/mol. The van der Waals surface area contributed by atoms with Crippen LogP contribution in [0.4, 0.5) is 0 Å². The molecule has 0 aliphatic heterocycles. The van der Waals surface area contributed by atoms with Crippen LogP contribution in [-0.2, 0) is 22.6 Å². The Hall–Kier alpha value is -2.56. The fourth-order valence-corrected chi connectivity index (χ4v) is 4.30. The van der Waals surface area contributed by atoms with E-state index < -0.39 is 6.04 Å². The topological polar surface area (TPSA) is 49.4 Å². The highest BCUT2D eigenvalue weighted by Crippen LogP contribution is 2.27. The lowest BCUT2D eigenvalue weighted by Crippen LogP contribution is -2.48. The van der Waals surface area contributed by atoms with Crippen LogP contribution in [0.15, 0.2) is 60.7 Å². The van der Waals surface area contributed by atoms with Crippen molar-refractivity contribution >= 4 is 45.8 Å². The molecule has 4 nitrogen and oxygen atoms in total. The number of fused-ring (bicyclic) bond motifs is 1. The van der Waals surface area contributed by atoms with Crippen LogP contribution in [0.2, 0.25) is 10.0 Å². The maximum absolute atomic E-state index is 13.4. The van der Waals surface area contributed by atoms with Crippen molar-refractivity contribution in [2.75, 3.05) is 6.54 Å². The minimum atomic E-state index is -0.656. The quantitative estimate of drug-likeness (QED) is 0.389. The van der Waals surface area contributed by atoms with Crippen molar-refractivity contribution in [1.29, 1.82) is 0 Å². The van der Waals surface area contributed by atoms with Gasteiger partial charge >= 0.3 is 0 Å². The van der Waals surface area contributed by atoms with Gasteiger partial charge in [0.25, 0.3) is 0 Å². The summed E-state index contributed by atoms with van der Waals surface area (Å²) >= 11 is 12.8. The molecule has 0 aromatic heterocycles. The van der Waals surface area contributed by atoms with E-state index in [4.69, 9.17) is 23.2 Å². The third-order valence-corrected chi connectivity index (χ3v) is 6.44. The van der Waals surface area contributed by atoms with Gasteiger partial charge in [0.2, 0.25) is 11.8 Å². The SMILES string of the molecule is CC(C)CNC(=O)[C@H](C)N(Cc1c(Cl)cccc1Cl)C(=O)CCc1cccc2ccccc12. The molecule has 0 aliphatic rings. The van der Waals surface area contributed by atoms with E-state index in [1.165, 1.54) is 0 Å². The van der Waals surface area contributed by atoms with Crippen molar-refractivity contribution in [2.45, 2.75) is 46.2 Å². The Kier molecular flexibility index (Phi) is 8.76. The minimum Gasteiger partial charge on any atom is -0.354 e. The molecule has 0 aliphatic carbocycles. The number of aryl methyl sites for hydroxylation is 1. The number of carbonyl (C=O) groups excluding carboxylic acids is 2. The maximum Gasteiger partial charge on any atom is 0.242 e. The number of nitrogens with one attached hydrogen (secondary N) is 1. The molecule has 1 N–H and O–H groups in total. The molecule has 0 fully saturated rings. The first kappa shape index (κ1) is 25.1. The van der Waals surface area contributed by atoms with Crippen LogP contribution in [0.5, 0.6) is 0 Å². The van der Waals surface area contributed by atoms with E-state index in [1.54, 1.807) is 30.0 Å². The van der Waals surface area contributed by atoms with Gasteiger partial charge in [0.1, 0.15) is 6.04 Å². The molecule has 1 atom stereocenters. The molecule has 0 spiro atoms. The molecule has 6 heteroatoms. The van der Waals surface area contributed by atoms with Crippen LogP contribution >= 0.6 is 23.2 Å². The summed E-state index contributed by atoms with van der Waals surface area (Å²) < 4.78 is 0. The molecule has 0 unspecified atom stereocenters. The number of amides is 2. The van der Waals surface area contributed by atoms with Crippen molar-refractivity contribution in [2.24, 2.45) is 5.92 Å². The number of benzene rings is 3. The standard InChI is InChI=1S/C27H30Cl2N2O2/c1-18(2)16-30-27(33)19(3)31(17-23-24(28)12-7-13-25(23)29)26(32)15-14-21-10-6-9-20-8-4-5-11-22(20)21/h4-13,18-19H,14-17H2,1-3H3,(H,30,33)/t19-/m0/s1. The number of halogens is 2. The summed E-state index contributed by atoms with van der Waals surface area (Å²) in [4.78, 5) is 27.8. The summed E-state index contributed by atoms with van der Waals surface area (Å²) in [5.41, 5.74) is 1.75. The van der Waals surface area contributed by atoms with Gasteiger partial charge in [0, 0.05) is 35.1 Å². The van der Waals surface area contributed by atoms with E-state index in [1.807, 2.05) is 38.1 Å². The average molecular weight is 485 g/mol. The predicted molar refractivity (Wildman–Crippen MR) is 137 cm³/mol. The number of nitrogens with zero attached hydrogens (tertiary/aromatic N) is 1. The monoisotopic (exact) mass is 484 g/mol. The highest BCUT2D eigenvalue weighted by Gasteiger charge is 2.27. The number of hydrogen-bond acceptors (Lipinski definition) is 2. The molecule has 3 rings (SSSR count). The van der Waals surface area contributed by atoms with E-state index >= 15 is 0 Å². The second kappa shape index (κ2) is 11.5. The lowest BCUT2D eigenvalue weighted by atomic mass is 10.0. The first-order valence-electron chi connectivity index (χ1n) is 11.2. The third kappa shape index (κ3) is 6.49. The van der Waals surface area contributed by atoms with Crippen LogP contribution in [0.25, 0.3) is 10.8 Å². The minimum absolute atomic E-state index is 0.119. The van der Waals surface area contributed by atoms with Crippen molar-refractivity contribution in [1.82, 2.24) is 10.2 Å². The maximum atomic E-state index is 13.4. The summed E-state index contributed by atoms with van der Waals surface area (Å²) in [6, 6.07) is 18.8. The van der Waals surface area contributed by atoms with E-state index in [2.05, 4.69) is 23.5 Å². The first-order valence-corrected chi connectivity index (χ1v) is 12.0. The predicted octanol–water partition coefficient (Wildman–Crippen LogP) is 6.27. The zero-order chi connectivity index (χ0) is 24.0. The zero-order valence-corrected chi connectivity index (χ0v) is 20.8. The summed E-state index contributed by atoms with van der Waals surface area (Å²) in [6.07, 6.45) is 0.852. The Labute approximate surface area is 205 Å². The van der Waals surface area contributed by atoms with Gasteiger partial charge in [-0.05, 0) is 47.7 Å². The summed E-state index contributed by atoms with van der Waals surface area (Å²) in [7, 11) is 0. The van der Waals surface area contributed by atoms with Gasteiger partial charge in [0.15, 0.2) is 0 Å². The van der Waals surface area contributed by atoms with E-state index in [0.29, 0.717) is 34.5 Å².